The molecule has 4 fully saturated rings. The molecule has 0 radical (unpaired) electrons. The summed E-state index contributed by atoms with van der Waals surface area (Å²) >= 11 is 0. The minimum absolute atomic E-state index is 0.323. The standard InChI is InChI=1S/C17H26O/c1-11-6-7-14-17(18-14)8-4-5-12(9-17)15-13(11)10-16(15,2)3/h12-15H,1,4-10H2,2-3H3/t12-,13+,14-,15+,17+/m0/s1. The summed E-state index contributed by atoms with van der Waals surface area (Å²) in [6, 6.07) is 0. The van der Waals surface area contributed by atoms with E-state index in [0.717, 1.165) is 17.8 Å². The van der Waals surface area contributed by atoms with Crippen LogP contribution in [0, 0.1) is 23.2 Å². The summed E-state index contributed by atoms with van der Waals surface area (Å²) in [4.78, 5) is 0. The number of epoxide rings is 1. The zero-order chi connectivity index (χ0) is 12.5. The SMILES string of the molecule is C=C1CC[C@@H]2O[C@@]23CCC[C@@H](C3)[C@@H]2[C@@H]1CC2(C)C. The highest BCUT2D eigenvalue weighted by Crippen LogP contribution is 2.64. The Morgan fingerprint density at radius 3 is 2.83 bits per heavy atom. The zero-order valence-electron chi connectivity index (χ0n) is 11.9. The fourth-order valence-corrected chi connectivity index (χ4v) is 5.67. The Kier molecular flexibility index (Phi) is 2.19. The number of allylic oxidation sites excluding steroid dienone is 1. The van der Waals surface area contributed by atoms with Crippen LogP contribution in [0.2, 0.25) is 0 Å². The van der Waals surface area contributed by atoms with Crippen molar-refractivity contribution in [2.24, 2.45) is 23.2 Å². The molecule has 18 heavy (non-hydrogen) atoms. The van der Waals surface area contributed by atoms with E-state index < -0.39 is 0 Å². The molecule has 1 aliphatic heterocycles. The van der Waals surface area contributed by atoms with Crippen LogP contribution >= 0.6 is 0 Å². The van der Waals surface area contributed by atoms with E-state index >= 15 is 0 Å². The van der Waals surface area contributed by atoms with Gasteiger partial charge in [-0.15, -0.1) is 0 Å². The monoisotopic (exact) mass is 246 g/mol. The van der Waals surface area contributed by atoms with Gasteiger partial charge in [0.25, 0.3) is 0 Å². The van der Waals surface area contributed by atoms with Crippen LogP contribution in [0.1, 0.15) is 58.8 Å². The average molecular weight is 246 g/mol. The highest BCUT2D eigenvalue weighted by atomic mass is 16.6. The molecule has 100 valence electrons. The molecule has 0 amide bonds. The Hall–Kier alpha value is -0.300. The van der Waals surface area contributed by atoms with Crippen molar-refractivity contribution in [1.82, 2.24) is 0 Å². The molecular weight excluding hydrogens is 220 g/mol. The Bertz CT molecular complexity index is 396. The molecule has 0 unspecified atom stereocenters. The third kappa shape index (κ3) is 1.43. The van der Waals surface area contributed by atoms with Gasteiger partial charge in [0.1, 0.15) is 0 Å². The minimum atomic E-state index is 0.323. The molecule has 3 aliphatic carbocycles. The summed E-state index contributed by atoms with van der Waals surface area (Å²) in [5.74, 6) is 2.63. The maximum absolute atomic E-state index is 6.13. The first kappa shape index (κ1) is 11.5. The average Bonchev–Trinajstić information content (AvgIpc) is 2.94. The highest BCUT2D eigenvalue weighted by molar-refractivity contribution is 5.19. The Morgan fingerprint density at radius 1 is 1.22 bits per heavy atom. The van der Waals surface area contributed by atoms with Crippen molar-refractivity contribution in [3.05, 3.63) is 12.2 Å². The van der Waals surface area contributed by atoms with Gasteiger partial charge in [0.2, 0.25) is 0 Å². The van der Waals surface area contributed by atoms with Gasteiger partial charge in [-0.25, -0.2) is 0 Å². The predicted octanol–water partition coefficient (Wildman–Crippen LogP) is 4.33. The van der Waals surface area contributed by atoms with E-state index in [0.29, 0.717) is 17.1 Å². The lowest BCUT2D eigenvalue weighted by molar-refractivity contribution is -0.0554. The molecule has 5 atom stereocenters. The van der Waals surface area contributed by atoms with Gasteiger partial charge in [-0.1, -0.05) is 32.4 Å². The number of hydrogen-bond acceptors (Lipinski definition) is 1. The molecule has 1 saturated heterocycles. The smallest absolute Gasteiger partial charge is 0.0951 e. The van der Waals surface area contributed by atoms with Crippen LogP contribution in [0.4, 0.5) is 0 Å². The first-order valence-corrected chi connectivity index (χ1v) is 7.87. The molecular formula is C17H26O. The molecule has 1 nitrogen and oxygen atoms in total. The number of fused-ring (bicyclic) bond motifs is 3. The third-order valence-corrected chi connectivity index (χ3v) is 6.53. The zero-order valence-corrected chi connectivity index (χ0v) is 11.9. The van der Waals surface area contributed by atoms with Gasteiger partial charge < -0.3 is 4.74 Å². The van der Waals surface area contributed by atoms with Crippen LogP contribution in [0.5, 0.6) is 0 Å². The summed E-state index contributed by atoms with van der Waals surface area (Å²) in [6.07, 6.45) is 9.95. The van der Waals surface area contributed by atoms with Crippen molar-refractivity contribution < 1.29 is 4.74 Å². The maximum Gasteiger partial charge on any atom is 0.0951 e. The molecule has 1 heteroatoms. The summed E-state index contributed by atoms with van der Waals surface area (Å²) < 4.78 is 6.13. The Morgan fingerprint density at radius 2 is 2.06 bits per heavy atom. The molecule has 2 bridgehead atoms. The summed E-state index contributed by atoms with van der Waals surface area (Å²) in [5.41, 5.74) is 2.41. The molecule has 0 N–H and O–H groups in total. The van der Waals surface area contributed by atoms with Crippen molar-refractivity contribution >= 4 is 0 Å². The van der Waals surface area contributed by atoms with Crippen LogP contribution < -0.4 is 0 Å². The second kappa shape index (κ2) is 3.42. The van der Waals surface area contributed by atoms with Gasteiger partial charge in [-0.3, -0.25) is 0 Å². The second-order valence-corrected chi connectivity index (χ2v) is 8.05. The fourth-order valence-electron chi connectivity index (χ4n) is 5.67. The molecule has 4 rings (SSSR count). The minimum Gasteiger partial charge on any atom is -0.366 e. The lowest BCUT2D eigenvalue weighted by Gasteiger charge is -2.57. The second-order valence-electron chi connectivity index (χ2n) is 8.05. The van der Waals surface area contributed by atoms with E-state index in [1.165, 1.54) is 50.5 Å². The van der Waals surface area contributed by atoms with Crippen molar-refractivity contribution in [2.75, 3.05) is 0 Å². The fraction of sp³-hybridized carbons (Fsp3) is 0.882. The Balaban J connectivity index is 1.67. The van der Waals surface area contributed by atoms with Gasteiger partial charge in [0.05, 0.1) is 11.7 Å². The van der Waals surface area contributed by atoms with Crippen molar-refractivity contribution in [1.29, 1.82) is 0 Å². The molecule has 0 aromatic rings. The largest absolute Gasteiger partial charge is 0.366 e. The molecule has 1 spiro atoms. The van der Waals surface area contributed by atoms with Gasteiger partial charge in [0.15, 0.2) is 0 Å². The van der Waals surface area contributed by atoms with Crippen LogP contribution in [0.25, 0.3) is 0 Å². The number of rotatable bonds is 0. The van der Waals surface area contributed by atoms with Crippen LogP contribution in [-0.2, 0) is 4.74 Å². The van der Waals surface area contributed by atoms with E-state index in [4.69, 9.17) is 4.74 Å². The number of hydrogen-bond donors (Lipinski definition) is 0. The molecule has 4 aliphatic rings. The van der Waals surface area contributed by atoms with Gasteiger partial charge in [0, 0.05) is 0 Å². The Labute approximate surface area is 111 Å². The molecule has 0 aromatic heterocycles. The van der Waals surface area contributed by atoms with E-state index in [1.54, 1.807) is 0 Å². The summed E-state index contributed by atoms with van der Waals surface area (Å²) in [5, 5.41) is 0. The molecule has 0 aromatic carbocycles. The van der Waals surface area contributed by atoms with Gasteiger partial charge in [-0.05, 0) is 61.7 Å². The van der Waals surface area contributed by atoms with Crippen molar-refractivity contribution in [3.8, 4) is 0 Å². The molecule has 3 saturated carbocycles. The topological polar surface area (TPSA) is 12.5 Å². The molecule has 1 heterocycles. The van der Waals surface area contributed by atoms with E-state index in [1.807, 2.05) is 0 Å². The number of ether oxygens (including phenoxy) is 1. The normalized spacial score (nSPS) is 53.1. The van der Waals surface area contributed by atoms with Gasteiger partial charge >= 0.3 is 0 Å². The lowest BCUT2D eigenvalue weighted by Crippen LogP contribution is -2.50. The van der Waals surface area contributed by atoms with Crippen molar-refractivity contribution in [3.63, 3.8) is 0 Å². The first-order chi connectivity index (χ1) is 8.52. The maximum atomic E-state index is 6.13. The summed E-state index contributed by atoms with van der Waals surface area (Å²) in [6.45, 7) is 9.37. The van der Waals surface area contributed by atoms with Crippen LogP contribution in [0.3, 0.4) is 0 Å². The van der Waals surface area contributed by atoms with E-state index in [2.05, 4.69) is 20.4 Å². The summed E-state index contributed by atoms with van der Waals surface area (Å²) in [7, 11) is 0. The van der Waals surface area contributed by atoms with Crippen molar-refractivity contribution in [2.45, 2.75) is 70.5 Å². The third-order valence-electron chi connectivity index (χ3n) is 6.53. The van der Waals surface area contributed by atoms with E-state index in [9.17, 15) is 0 Å². The quantitative estimate of drug-likeness (QED) is 0.458. The predicted molar refractivity (Wildman–Crippen MR) is 73.3 cm³/mol. The van der Waals surface area contributed by atoms with Crippen LogP contribution in [0.15, 0.2) is 12.2 Å². The lowest BCUT2D eigenvalue weighted by atomic mass is 9.48. The van der Waals surface area contributed by atoms with Crippen LogP contribution in [-0.4, -0.2) is 11.7 Å². The van der Waals surface area contributed by atoms with E-state index in [-0.39, 0.29) is 0 Å². The highest BCUT2D eigenvalue weighted by Gasteiger charge is 2.62. The van der Waals surface area contributed by atoms with Gasteiger partial charge in [-0.2, -0.15) is 0 Å². The first-order valence-electron chi connectivity index (χ1n) is 7.87.